The molecule has 1 N–H and O–H groups in total. The number of aliphatic hydroxyl groups excluding tert-OH is 1. The monoisotopic (exact) mass is 335 g/mol. The van der Waals surface area contributed by atoms with Gasteiger partial charge in [-0.05, 0) is 51.9 Å². The van der Waals surface area contributed by atoms with E-state index in [-0.39, 0.29) is 11.4 Å². The Morgan fingerprint density at radius 1 is 1.12 bits per heavy atom. The summed E-state index contributed by atoms with van der Waals surface area (Å²) < 4.78 is 5.03. The molecule has 0 spiro atoms. The fourth-order valence-corrected chi connectivity index (χ4v) is 3.71. The third kappa shape index (κ3) is 2.44. The van der Waals surface area contributed by atoms with Crippen LogP contribution in [0.2, 0.25) is 0 Å². The molecule has 0 fully saturated rings. The second kappa shape index (κ2) is 5.86. The highest BCUT2D eigenvalue weighted by Crippen LogP contribution is 2.38. The molecule has 4 rings (SSSR count). The summed E-state index contributed by atoms with van der Waals surface area (Å²) in [6.07, 6.45) is 1.09. The average molecular weight is 335 g/mol. The Morgan fingerprint density at radius 3 is 2.60 bits per heavy atom. The molecule has 126 valence electrons. The van der Waals surface area contributed by atoms with E-state index < -0.39 is 11.0 Å². The van der Waals surface area contributed by atoms with Crippen molar-refractivity contribution < 1.29 is 14.8 Å². The van der Waals surface area contributed by atoms with Crippen molar-refractivity contribution >= 4 is 16.5 Å². The van der Waals surface area contributed by atoms with E-state index in [1.54, 1.807) is 6.07 Å². The average Bonchev–Trinajstić information content (AvgIpc) is 3.06. The minimum atomic E-state index is -0.936. The molecule has 0 aromatic heterocycles. The summed E-state index contributed by atoms with van der Waals surface area (Å²) in [6, 6.07) is 14.7. The molecule has 0 unspecified atom stereocenters. The maximum absolute atomic E-state index is 11.2. The smallest absolute Gasteiger partial charge is 0.311 e. The van der Waals surface area contributed by atoms with E-state index in [0.717, 1.165) is 23.8 Å². The first-order valence-electron chi connectivity index (χ1n) is 8.14. The molecule has 0 saturated heterocycles. The molecule has 0 aliphatic heterocycles. The van der Waals surface area contributed by atoms with Crippen LogP contribution < -0.4 is 4.74 Å². The van der Waals surface area contributed by atoms with Crippen molar-refractivity contribution in [2.75, 3.05) is 7.11 Å². The largest absolute Gasteiger partial charge is 0.490 e. The first kappa shape index (κ1) is 15.6. The molecule has 0 heterocycles. The topological polar surface area (TPSA) is 72.6 Å². The van der Waals surface area contributed by atoms with Gasteiger partial charge in [-0.25, -0.2) is 0 Å². The molecule has 3 aromatic carbocycles. The zero-order valence-corrected chi connectivity index (χ0v) is 13.7. The highest BCUT2D eigenvalue weighted by molar-refractivity contribution is 5.93. The quantitative estimate of drug-likeness (QED) is 0.579. The van der Waals surface area contributed by atoms with Gasteiger partial charge in [0.2, 0.25) is 0 Å². The number of ether oxygens (including phenoxy) is 1. The highest BCUT2D eigenvalue weighted by Gasteiger charge is 2.23. The molecule has 1 aliphatic rings. The summed E-state index contributed by atoms with van der Waals surface area (Å²) in [6.45, 7) is 0. The van der Waals surface area contributed by atoms with Gasteiger partial charge in [0.25, 0.3) is 0 Å². The lowest BCUT2D eigenvalue weighted by Gasteiger charge is -2.16. The second-order valence-corrected chi connectivity index (χ2v) is 6.24. The summed E-state index contributed by atoms with van der Waals surface area (Å²) in [7, 11) is 1.39. The van der Waals surface area contributed by atoms with Crippen LogP contribution in [-0.2, 0) is 12.8 Å². The lowest BCUT2D eigenvalue weighted by Crippen LogP contribution is -2.03. The Hall–Kier alpha value is -2.92. The number of aliphatic hydroxyl groups is 1. The van der Waals surface area contributed by atoms with E-state index in [1.807, 2.05) is 18.2 Å². The molecule has 0 bridgehead atoms. The Labute approximate surface area is 144 Å². The number of nitrogens with zero attached hydrogens (tertiary/aromatic N) is 1. The normalized spacial score (nSPS) is 13.8. The third-order valence-electron chi connectivity index (χ3n) is 4.92. The van der Waals surface area contributed by atoms with Gasteiger partial charge in [-0.1, -0.05) is 36.4 Å². The Kier molecular flexibility index (Phi) is 3.66. The van der Waals surface area contributed by atoms with Crippen LogP contribution in [-0.4, -0.2) is 17.1 Å². The van der Waals surface area contributed by atoms with Gasteiger partial charge < -0.3 is 9.84 Å². The number of aryl methyl sites for hydroxylation is 2. The van der Waals surface area contributed by atoms with E-state index in [1.165, 1.54) is 35.8 Å². The molecule has 0 saturated carbocycles. The highest BCUT2D eigenvalue weighted by atomic mass is 16.6. The van der Waals surface area contributed by atoms with Crippen LogP contribution >= 0.6 is 0 Å². The molecule has 3 aromatic rings. The van der Waals surface area contributed by atoms with Crippen LogP contribution in [0.3, 0.4) is 0 Å². The zero-order chi connectivity index (χ0) is 17.6. The molecular formula is C20H17NO4. The summed E-state index contributed by atoms with van der Waals surface area (Å²) in [5.74, 6) is 0.182. The van der Waals surface area contributed by atoms with Crippen molar-refractivity contribution in [3.63, 3.8) is 0 Å². The maximum atomic E-state index is 11.2. The Morgan fingerprint density at radius 2 is 1.88 bits per heavy atom. The lowest BCUT2D eigenvalue weighted by atomic mass is 9.93. The van der Waals surface area contributed by atoms with Gasteiger partial charge in [0.15, 0.2) is 5.75 Å². The number of nitro groups is 1. The van der Waals surface area contributed by atoms with E-state index >= 15 is 0 Å². The van der Waals surface area contributed by atoms with Crippen LogP contribution in [0.15, 0.2) is 48.5 Å². The van der Waals surface area contributed by atoms with Gasteiger partial charge >= 0.3 is 5.69 Å². The van der Waals surface area contributed by atoms with Gasteiger partial charge in [-0.15, -0.1) is 0 Å². The molecule has 0 radical (unpaired) electrons. The fraction of sp³-hybridized carbons (Fsp3) is 0.200. The number of methoxy groups -OCH3 is 1. The van der Waals surface area contributed by atoms with Gasteiger partial charge in [0.05, 0.1) is 12.0 Å². The number of rotatable bonds is 4. The molecule has 25 heavy (non-hydrogen) atoms. The van der Waals surface area contributed by atoms with Crippen molar-refractivity contribution in [1.29, 1.82) is 0 Å². The summed E-state index contributed by atoms with van der Waals surface area (Å²) in [5, 5.41) is 24.4. The predicted molar refractivity (Wildman–Crippen MR) is 95.1 cm³/mol. The molecular weight excluding hydrogens is 318 g/mol. The summed E-state index contributed by atoms with van der Waals surface area (Å²) in [4.78, 5) is 10.7. The van der Waals surface area contributed by atoms with Gasteiger partial charge in [-0.2, -0.15) is 0 Å². The zero-order valence-electron chi connectivity index (χ0n) is 13.7. The molecule has 5 heteroatoms. The van der Waals surface area contributed by atoms with Crippen molar-refractivity contribution in [1.82, 2.24) is 0 Å². The Balaban J connectivity index is 1.85. The number of hydrogen-bond donors (Lipinski definition) is 1. The van der Waals surface area contributed by atoms with Gasteiger partial charge in [0, 0.05) is 6.07 Å². The standard InChI is InChI=1S/C20H17NO4/c1-25-18-10-8-14(11-17(18)21(23)24)20(22)16-9-7-13-6-5-12-3-2-4-15(16)19(12)13/h2-4,7-11,20,22H,5-6H2,1H3/t20-/m1/s1. The van der Waals surface area contributed by atoms with Crippen LogP contribution in [0, 0.1) is 10.1 Å². The minimum Gasteiger partial charge on any atom is -0.490 e. The second-order valence-electron chi connectivity index (χ2n) is 6.24. The summed E-state index contributed by atoms with van der Waals surface area (Å²) >= 11 is 0. The first-order valence-corrected chi connectivity index (χ1v) is 8.14. The maximum Gasteiger partial charge on any atom is 0.311 e. The SMILES string of the molecule is COc1ccc([C@@H](O)c2ccc3c4c(cccc24)CC3)cc1[N+](=O)[O-]. The Bertz CT molecular complexity index is 986. The minimum absolute atomic E-state index is 0.148. The molecule has 0 amide bonds. The van der Waals surface area contributed by atoms with Crippen molar-refractivity contribution in [3.8, 4) is 5.75 Å². The van der Waals surface area contributed by atoms with E-state index in [4.69, 9.17) is 4.74 Å². The van der Waals surface area contributed by atoms with Crippen molar-refractivity contribution in [3.05, 3.63) is 80.9 Å². The van der Waals surface area contributed by atoms with Crippen LogP contribution in [0.25, 0.3) is 10.8 Å². The van der Waals surface area contributed by atoms with Crippen LogP contribution in [0.4, 0.5) is 5.69 Å². The lowest BCUT2D eigenvalue weighted by molar-refractivity contribution is -0.385. The van der Waals surface area contributed by atoms with Crippen LogP contribution in [0.1, 0.15) is 28.4 Å². The van der Waals surface area contributed by atoms with E-state index in [2.05, 4.69) is 12.1 Å². The fourth-order valence-electron chi connectivity index (χ4n) is 3.71. The van der Waals surface area contributed by atoms with Crippen LogP contribution in [0.5, 0.6) is 5.75 Å². The molecule has 1 aliphatic carbocycles. The van der Waals surface area contributed by atoms with Gasteiger partial charge in [-0.3, -0.25) is 10.1 Å². The number of benzene rings is 3. The van der Waals surface area contributed by atoms with E-state index in [9.17, 15) is 15.2 Å². The summed E-state index contributed by atoms with van der Waals surface area (Å²) in [5.41, 5.74) is 3.68. The molecule has 5 nitrogen and oxygen atoms in total. The van der Waals surface area contributed by atoms with Crippen molar-refractivity contribution in [2.24, 2.45) is 0 Å². The van der Waals surface area contributed by atoms with Gasteiger partial charge in [0.1, 0.15) is 6.10 Å². The number of hydrogen-bond acceptors (Lipinski definition) is 4. The molecule has 1 atom stereocenters. The predicted octanol–water partition coefficient (Wildman–Crippen LogP) is 3.94. The number of nitro benzene ring substituents is 1. The third-order valence-corrected chi connectivity index (χ3v) is 4.92. The first-order chi connectivity index (χ1) is 12.1. The van der Waals surface area contributed by atoms with E-state index in [0.29, 0.717) is 5.56 Å². The van der Waals surface area contributed by atoms with Crippen molar-refractivity contribution in [2.45, 2.75) is 18.9 Å².